The van der Waals surface area contributed by atoms with Gasteiger partial charge in [0.05, 0.1) is 0 Å². The zero-order valence-electron chi connectivity index (χ0n) is 20.5. The molecule has 0 spiro atoms. The molecule has 1 aliphatic carbocycles. The lowest BCUT2D eigenvalue weighted by atomic mass is 9.74. The van der Waals surface area contributed by atoms with Crippen LogP contribution in [0.4, 0.5) is 0 Å². The molecule has 2 aliphatic rings. The molecule has 8 rings (SSSR count). The Labute approximate surface area is 221 Å². The van der Waals surface area contributed by atoms with Crippen molar-refractivity contribution in [2.45, 2.75) is 22.1 Å². The number of fused-ring (bicyclic) bond motifs is 5. The molecule has 0 saturated carbocycles. The van der Waals surface area contributed by atoms with E-state index in [1.165, 1.54) is 70.6 Å². The fourth-order valence-electron chi connectivity index (χ4n) is 6.52. The summed E-state index contributed by atoms with van der Waals surface area (Å²) in [6, 6.07) is 47.3. The fraction of sp³-hybridized carbons (Fsp3) is 0.0556. The van der Waals surface area contributed by atoms with E-state index in [2.05, 4.69) is 134 Å². The van der Waals surface area contributed by atoms with Crippen LogP contribution in [0.15, 0.2) is 137 Å². The monoisotopic (exact) mass is 488 g/mol. The molecule has 0 fully saturated rings. The number of hydrogen-bond donors (Lipinski definition) is 0. The molecule has 1 aliphatic heterocycles. The lowest BCUT2D eigenvalue weighted by Crippen LogP contribution is -2.22. The van der Waals surface area contributed by atoms with Gasteiger partial charge in [-0.05, 0) is 92.7 Å². The Morgan fingerprint density at radius 2 is 1.19 bits per heavy atom. The van der Waals surface area contributed by atoms with Gasteiger partial charge in [0.2, 0.25) is 0 Å². The fourth-order valence-corrected chi connectivity index (χ4v) is 7.67. The molecule has 0 N–H and O–H groups in total. The largest absolute Gasteiger partial charge is 0.0888 e. The van der Waals surface area contributed by atoms with E-state index < -0.39 is 0 Å². The highest BCUT2D eigenvalue weighted by atomic mass is 32.2. The molecule has 0 nitrogen and oxygen atoms in total. The molecule has 0 radical (unpaired) electrons. The summed E-state index contributed by atoms with van der Waals surface area (Å²) < 4.78 is 0. The lowest BCUT2D eigenvalue weighted by molar-refractivity contribution is 0.714. The van der Waals surface area contributed by atoms with Crippen LogP contribution in [0.5, 0.6) is 0 Å². The number of hydrogen-bond acceptors (Lipinski definition) is 1. The van der Waals surface area contributed by atoms with Crippen LogP contribution in [0.25, 0.3) is 44.2 Å². The average molecular weight is 489 g/mol. The Hall–Kier alpha value is -4.07. The van der Waals surface area contributed by atoms with Crippen molar-refractivity contribution >= 4 is 22.5 Å². The predicted octanol–water partition coefficient (Wildman–Crippen LogP) is 9.97. The van der Waals surface area contributed by atoms with E-state index in [0.717, 1.165) is 0 Å². The van der Waals surface area contributed by atoms with Crippen molar-refractivity contribution in [3.63, 3.8) is 0 Å². The first-order valence-corrected chi connectivity index (χ1v) is 13.7. The Balaban J connectivity index is 1.36. The number of rotatable bonds is 2. The Bertz CT molecular complexity index is 1860. The molecule has 1 heterocycles. The van der Waals surface area contributed by atoms with Crippen LogP contribution in [0, 0.1) is 0 Å². The zero-order chi connectivity index (χ0) is 24.6. The molecular formula is C36H24S. The van der Waals surface area contributed by atoms with Crippen LogP contribution in [0.3, 0.4) is 0 Å². The van der Waals surface area contributed by atoms with Crippen LogP contribution in [0.1, 0.15) is 23.6 Å². The predicted molar refractivity (Wildman–Crippen MR) is 156 cm³/mol. The zero-order valence-corrected chi connectivity index (χ0v) is 21.3. The Morgan fingerprint density at radius 1 is 0.486 bits per heavy atom. The summed E-state index contributed by atoms with van der Waals surface area (Å²) in [5.74, 6) is 0. The van der Waals surface area contributed by atoms with E-state index in [9.17, 15) is 0 Å². The van der Waals surface area contributed by atoms with Gasteiger partial charge >= 0.3 is 0 Å². The van der Waals surface area contributed by atoms with Gasteiger partial charge in [0, 0.05) is 20.6 Å². The third-order valence-electron chi connectivity index (χ3n) is 8.33. The summed E-state index contributed by atoms with van der Waals surface area (Å²) in [5, 5.41) is 2.68. The van der Waals surface area contributed by atoms with Crippen molar-refractivity contribution in [3.8, 4) is 33.4 Å². The third-order valence-corrected chi connectivity index (χ3v) is 9.47. The van der Waals surface area contributed by atoms with Gasteiger partial charge in [-0.15, -0.1) is 0 Å². The van der Waals surface area contributed by atoms with E-state index in [0.29, 0.717) is 0 Å². The summed E-state index contributed by atoms with van der Waals surface area (Å²) in [4.78, 5) is 2.68. The molecule has 174 valence electrons. The molecule has 1 atom stereocenters. The normalized spacial score (nSPS) is 16.8. The second-order valence-electron chi connectivity index (χ2n) is 10.3. The van der Waals surface area contributed by atoms with Crippen molar-refractivity contribution < 1.29 is 0 Å². The van der Waals surface area contributed by atoms with E-state index in [1.54, 1.807) is 0 Å². The minimum atomic E-state index is -0.161. The Morgan fingerprint density at radius 3 is 2.08 bits per heavy atom. The van der Waals surface area contributed by atoms with Gasteiger partial charge in [-0.25, -0.2) is 0 Å². The highest BCUT2D eigenvalue weighted by Gasteiger charge is 2.40. The van der Waals surface area contributed by atoms with Crippen molar-refractivity contribution in [2.24, 2.45) is 0 Å². The first-order valence-electron chi connectivity index (χ1n) is 12.9. The quantitative estimate of drug-likeness (QED) is 0.233. The van der Waals surface area contributed by atoms with Gasteiger partial charge in [0.1, 0.15) is 0 Å². The van der Waals surface area contributed by atoms with Gasteiger partial charge in [0.15, 0.2) is 0 Å². The van der Waals surface area contributed by atoms with Gasteiger partial charge in [-0.3, -0.25) is 0 Å². The first-order chi connectivity index (χ1) is 18.2. The van der Waals surface area contributed by atoms with Crippen LogP contribution in [-0.2, 0) is 5.41 Å². The van der Waals surface area contributed by atoms with E-state index >= 15 is 0 Å². The van der Waals surface area contributed by atoms with Crippen molar-refractivity contribution in [2.75, 3.05) is 0 Å². The summed E-state index contributed by atoms with van der Waals surface area (Å²) in [5.41, 5.74) is 11.9. The van der Waals surface area contributed by atoms with Crippen LogP contribution in [0.2, 0.25) is 0 Å². The minimum absolute atomic E-state index is 0.161. The smallest absolute Gasteiger partial charge is 0.0435 e. The summed E-state index contributed by atoms with van der Waals surface area (Å²) in [6.45, 7) is 2.38. The molecule has 0 aromatic heterocycles. The van der Waals surface area contributed by atoms with Crippen LogP contribution >= 0.6 is 11.8 Å². The summed E-state index contributed by atoms with van der Waals surface area (Å²) >= 11 is 1.88. The molecule has 0 bridgehead atoms. The van der Waals surface area contributed by atoms with E-state index in [1.807, 2.05) is 11.8 Å². The second-order valence-corrected chi connectivity index (χ2v) is 11.4. The topological polar surface area (TPSA) is 0 Å². The maximum absolute atomic E-state index is 2.42. The second kappa shape index (κ2) is 7.71. The molecule has 1 unspecified atom stereocenters. The Kier molecular flexibility index (Phi) is 4.39. The van der Waals surface area contributed by atoms with Gasteiger partial charge in [-0.1, -0.05) is 109 Å². The number of benzene rings is 6. The summed E-state index contributed by atoms with van der Waals surface area (Å²) in [6.07, 6.45) is 0. The summed E-state index contributed by atoms with van der Waals surface area (Å²) in [7, 11) is 0. The van der Waals surface area contributed by atoms with E-state index in [-0.39, 0.29) is 5.41 Å². The standard InChI is InChI=1S/C36H24S/c1-36(26-11-3-2-4-12-26)31-15-7-5-13-27(31)29-21-23(18-19-32(29)36)25-20-24-10-9-17-34-35(24)30(22-25)28-14-6-8-16-33(28)37-34/h2-22H,1H3. The maximum Gasteiger partial charge on any atom is 0.0435 e. The minimum Gasteiger partial charge on any atom is -0.0888 e. The lowest BCUT2D eigenvalue weighted by Gasteiger charge is -2.28. The molecule has 6 aromatic carbocycles. The van der Waals surface area contributed by atoms with Crippen molar-refractivity contribution in [3.05, 3.63) is 144 Å². The van der Waals surface area contributed by atoms with Crippen molar-refractivity contribution in [1.82, 2.24) is 0 Å². The molecule has 37 heavy (non-hydrogen) atoms. The van der Waals surface area contributed by atoms with Crippen LogP contribution < -0.4 is 0 Å². The third kappa shape index (κ3) is 2.92. The molecule has 6 aromatic rings. The SMILES string of the molecule is CC1(c2ccccc2)c2ccccc2-c2cc(-c3cc4c5c(cccc5c3)Sc3ccccc3-4)ccc21. The first kappa shape index (κ1) is 21.1. The molecule has 0 saturated heterocycles. The van der Waals surface area contributed by atoms with Gasteiger partial charge in [0.25, 0.3) is 0 Å². The average Bonchev–Trinajstić information content (AvgIpc) is 3.22. The van der Waals surface area contributed by atoms with Crippen LogP contribution in [-0.4, -0.2) is 0 Å². The molecule has 0 amide bonds. The van der Waals surface area contributed by atoms with Gasteiger partial charge < -0.3 is 0 Å². The van der Waals surface area contributed by atoms with E-state index in [4.69, 9.17) is 0 Å². The maximum atomic E-state index is 2.42. The molecule has 1 heteroatoms. The van der Waals surface area contributed by atoms with Crippen molar-refractivity contribution in [1.29, 1.82) is 0 Å². The highest BCUT2D eigenvalue weighted by Crippen LogP contribution is 2.54. The molecular weight excluding hydrogens is 464 g/mol. The van der Waals surface area contributed by atoms with Gasteiger partial charge in [-0.2, -0.15) is 0 Å². The highest BCUT2D eigenvalue weighted by molar-refractivity contribution is 7.99.